The quantitative estimate of drug-likeness (QED) is 0.473. The molecule has 0 aromatic rings. The van der Waals surface area contributed by atoms with E-state index in [1.165, 1.54) is 0 Å². The Morgan fingerprint density at radius 1 is 1.82 bits per heavy atom. The van der Waals surface area contributed by atoms with Crippen LogP contribution in [0.5, 0.6) is 0 Å². The zero-order chi connectivity index (χ0) is 8.69. The summed E-state index contributed by atoms with van der Waals surface area (Å²) in [7, 11) is 0. The molecule has 0 radical (unpaired) electrons. The second-order valence-corrected chi connectivity index (χ2v) is 2.11. The molecule has 11 heavy (non-hydrogen) atoms. The summed E-state index contributed by atoms with van der Waals surface area (Å²) in [5.74, 6) is 2.26. The standard InChI is InChI=1S/C7H12N2O2/c1-3-4-8-7(11)9-6(2)5-10/h1,6,10H,4-5H2,2H3,(H2,8,9,11)/t6-/m0/s1. The summed E-state index contributed by atoms with van der Waals surface area (Å²) >= 11 is 0. The highest BCUT2D eigenvalue weighted by Crippen LogP contribution is 1.76. The molecule has 0 rings (SSSR count). The number of aliphatic hydroxyl groups excluding tert-OH is 1. The maximum atomic E-state index is 10.7. The Labute approximate surface area is 66.0 Å². The van der Waals surface area contributed by atoms with Crippen LogP contribution in [-0.2, 0) is 0 Å². The number of aliphatic hydroxyl groups is 1. The summed E-state index contributed by atoms with van der Waals surface area (Å²) in [6.45, 7) is 1.81. The van der Waals surface area contributed by atoms with Gasteiger partial charge in [-0.1, -0.05) is 5.92 Å². The van der Waals surface area contributed by atoms with Crippen molar-refractivity contribution in [3.63, 3.8) is 0 Å². The van der Waals surface area contributed by atoms with Gasteiger partial charge in [-0.05, 0) is 6.92 Å². The molecule has 0 fully saturated rings. The van der Waals surface area contributed by atoms with Crippen molar-refractivity contribution < 1.29 is 9.90 Å². The molecule has 2 amide bonds. The summed E-state index contributed by atoms with van der Waals surface area (Å²) in [6, 6.07) is -0.600. The summed E-state index contributed by atoms with van der Waals surface area (Å²) in [5.41, 5.74) is 0. The lowest BCUT2D eigenvalue weighted by Crippen LogP contribution is -2.42. The van der Waals surface area contributed by atoms with Crippen LogP contribution in [0.15, 0.2) is 0 Å². The van der Waals surface area contributed by atoms with Crippen LogP contribution in [0.4, 0.5) is 4.79 Å². The summed E-state index contributed by atoms with van der Waals surface area (Å²) in [4.78, 5) is 10.7. The van der Waals surface area contributed by atoms with E-state index in [1.54, 1.807) is 6.92 Å². The molecule has 4 nitrogen and oxygen atoms in total. The van der Waals surface area contributed by atoms with E-state index < -0.39 is 0 Å². The Morgan fingerprint density at radius 2 is 2.45 bits per heavy atom. The van der Waals surface area contributed by atoms with Crippen molar-refractivity contribution in [3.8, 4) is 12.3 Å². The van der Waals surface area contributed by atoms with Crippen molar-refractivity contribution >= 4 is 6.03 Å². The Balaban J connectivity index is 3.45. The SMILES string of the molecule is C#CCNC(=O)N[C@@H](C)CO. The maximum Gasteiger partial charge on any atom is 0.315 e. The molecule has 0 heterocycles. The van der Waals surface area contributed by atoms with Crippen LogP contribution in [0.2, 0.25) is 0 Å². The highest BCUT2D eigenvalue weighted by Gasteiger charge is 2.02. The van der Waals surface area contributed by atoms with E-state index in [-0.39, 0.29) is 25.2 Å². The monoisotopic (exact) mass is 156 g/mol. The number of rotatable bonds is 3. The van der Waals surface area contributed by atoms with E-state index in [9.17, 15) is 4.79 Å². The van der Waals surface area contributed by atoms with E-state index in [4.69, 9.17) is 11.5 Å². The third-order valence-corrected chi connectivity index (χ3v) is 1.00. The van der Waals surface area contributed by atoms with Gasteiger partial charge in [0.15, 0.2) is 0 Å². The van der Waals surface area contributed by atoms with Crippen LogP contribution in [0.1, 0.15) is 6.92 Å². The number of amides is 2. The molecule has 0 bridgehead atoms. The number of hydrogen-bond acceptors (Lipinski definition) is 2. The van der Waals surface area contributed by atoms with Crippen LogP contribution >= 0.6 is 0 Å². The molecule has 4 heteroatoms. The van der Waals surface area contributed by atoms with Gasteiger partial charge in [-0.3, -0.25) is 0 Å². The molecule has 62 valence electrons. The minimum Gasteiger partial charge on any atom is -0.394 e. The van der Waals surface area contributed by atoms with Gasteiger partial charge in [-0.25, -0.2) is 4.79 Å². The number of terminal acetylenes is 1. The predicted molar refractivity (Wildman–Crippen MR) is 41.9 cm³/mol. The predicted octanol–water partition coefficient (Wildman–Crippen LogP) is -0.700. The summed E-state index contributed by atoms with van der Waals surface area (Å²) in [6.07, 6.45) is 4.90. The minimum atomic E-state index is -0.357. The Hall–Kier alpha value is -1.21. The van der Waals surface area contributed by atoms with Crippen LogP contribution in [-0.4, -0.2) is 30.3 Å². The average Bonchev–Trinajstić information content (AvgIpc) is 2.00. The molecule has 0 aliphatic heterocycles. The van der Waals surface area contributed by atoms with Gasteiger partial charge in [0.2, 0.25) is 0 Å². The molecule has 1 atom stereocenters. The Kier molecular flexibility index (Phi) is 4.95. The zero-order valence-corrected chi connectivity index (χ0v) is 6.42. The summed E-state index contributed by atoms with van der Waals surface area (Å²) in [5, 5.41) is 13.4. The highest BCUT2D eigenvalue weighted by atomic mass is 16.3. The molecule has 0 saturated heterocycles. The van der Waals surface area contributed by atoms with Crippen molar-refractivity contribution in [1.29, 1.82) is 0 Å². The zero-order valence-electron chi connectivity index (χ0n) is 6.42. The molecular weight excluding hydrogens is 144 g/mol. The van der Waals surface area contributed by atoms with Crippen molar-refractivity contribution in [1.82, 2.24) is 10.6 Å². The van der Waals surface area contributed by atoms with Crippen molar-refractivity contribution in [2.24, 2.45) is 0 Å². The number of nitrogens with one attached hydrogen (secondary N) is 2. The third-order valence-electron chi connectivity index (χ3n) is 1.00. The fraction of sp³-hybridized carbons (Fsp3) is 0.571. The number of carbonyl (C=O) groups is 1. The molecule has 0 aromatic carbocycles. The van der Waals surface area contributed by atoms with Gasteiger partial charge in [0.25, 0.3) is 0 Å². The van der Waals surface area contributed by atoms with Crippen molar-refractivity contribution in [3.05, 3.63) is 0 Å². The number of carbonyl (C=O) groups excluding carboxylic acids is 1. The first kappa shape index (κ1) is 9.79. The topological polar surface area (TPSA) is 61.4 Å². The average molecular weight is 156 g/mol. The lowest BCUT2D eigenvalue weighted by molar-refractivity contribution is 0.221. The van der Waals surface area contributed by atoms with Crippen molar-refractivity contribution in [2.75, 3.05) is 13.2 Å². The van der Waals surface area contributed by atoms with Crippen LogP contribution in [0.3, 0.4) is 0 Å². The van der Waals surface area contributed by atoms with Crippen molar-refractivity contribution in [2.45, 2.75) is 13.0 Å². The molecular formula is C7H12N2O2. The second kappa shape index (κ2) is 5.57. The van der Waals surface area contributed by atoms with Crippen LogP contribution in [0.25, 0.3) is 0 Å². The van der Waals surface area contributed by atoms with Crippen LogP contribution < -0.4 is 10.6 Å². The van der Waals surface area contributed by atoms with E-state index in [2.05, 4.69) is 16.6 Å². The van der Waals surface area contributed by atoms with E-state index in [0.29, 0.717) is 0 Å². The van der Waals surface area contributed by atoms with Gasteiger partial charge in [0.1, 0.15) is 0 Å². The highest BCUT2D eigenvalue weighted by molar-refractivity contribution is 5.74. The largest absolute Gasteiger partial charge is 0.394 e. The molecule has 0 saturated carbocycles. The minimum absolute atomic E-state index is 0.0799. The van der Waals surface area contributed by atoms with Gasteiger partial charge in [-0.15, -0.1) is 6.42 Å². The van der Waals surface area contributed by atoms with E-state index in [0.717, 1.165) is 0 Å². The van der Waals surface area contributed by atoms with Gasteiger partial charge in [-0.2, -0.15) is 0 Å². The molecule has 0 spiro atoms. The first-order valence-corrected chi connectivity index (χ1v) is 3.29. The third kappa shape index (κ3) is 5.25. The maximum absolute atomic E-state index is 10.7. The second-order valence-electron chi connectivity index (χ2n) is 2.11. The first-order chi connectivity index (χ1) is 5.20. The molecule has 0 aliphatic rings. The fourth-order valence-electron chi connectivity index (χ4n) is 0.452. The molecule has 0 unspecified atom stereocenters. The van der Waals surface area contributed by atoms with Gasteiger partial charge >= 0.3 is 6.03 Å². The fourth-order valence-corrected chi connectivity index (χ4v) is 0.452. The molecule has 0 aromatic heterocycles. The van der Waals surface area contributed by atoms with E-state index in [1.807, 2.05) is 0 Å². The Bertz CT molecular complexity index is 162. The lowest BCUT2D eigenvalue weighted by Gasteiger charge is -2.09. The number of hydrogen-bond donors (Lipinski definition) is 3. The molecule has 3 N–H and O–H groups in total. The number of urea groups is 1. The Morgan fingerprint density at radius 3 is 2.91 bits per heavy atom. The first-order valence-electron chi connectivity index (χ1n) is 3.29. The normalized spacial score (nSPS) is 11.4. The van der Waals surface area contributed by atoms with Gasteiger partial charge in [0.05, 0.1) is 19.2 Å². The van der Waals surface area contributed by atoms with Gasteiger partial charge in [0, 0.05) is 0 Å². The van der Waals surface area contributed by atoms with Gasteiger partial charge < -0.3 is 15.7 Å². The molecule has 0 aliphatic carbocycles. The van der Waals surface area contributed by atoms with Crippen LogP contribution in [0, 0.1) is 12.3 Å². The summed E-state index contributed by atoms with van der Waals surface area (Å²) < 4.78 is 0. The lowest BCUT2D eigenvalue weighted by atomic mass is 10.4. The van der Waals surface area contributed by atoms with E-state index >= 15 is 0 Å². The smallest absolute Gasteiger partial charge is 0.315 e.